The normalized spacial score (nSPS) is 28.3. The van der Waals surface area contributed by atoms with Crippen molar-refractivity contribution in [2.24, 2.45) is 0 Å². The summed E-state index contributed by atoms with van der Waals surface area (Å²) in [7, 11) is 0. The van der Waals surface area contributed by atoms with Gasteiger partial charge in [-0.2, -0.15) is 0 Å². The maximum absolute atomic E-state index is 5.99. The Morgan fingerprint density at radius 1 is 1.40 bits per heavy atom. The van der Waals surface area contributed by atoms with Crippen molar-refractivity contribution in [3.05, 3.63) is 33.4 Å². The fraction of sp³-hybridized carbons (Fsp3) is 0.625. The summed E-state index contributed by atoms with van der Waals surface area (Å²) in [6.07, 6.45) is 3.00. The fourth-order valence-corrected chi connectivity index (χ4v) is 3.55. The summed E-state index contributed by atoms with van der Waals surface area (Å²) in [6.45, 7) is 6.44. The Kier molecular flexibility index (Phi) is 4.96. The van der Waals surface area contributed by atoms with Gasteiger partial charge in [0.1, 0.15) is 0 Å². The summed E-state index contributed by atoms with van der Waals surface area (Å²) >= 11 is 2.34. The number of fused-ring (bicyclic) bond motifs is 1. The van der Waals surface area contributed by atoms with E-state index in [1.54, 1.807) is 0 Å². The molecule has 0 saturated carbocycles. The monoisotopic (exact) mass is 386 g/mol. The number of hydrogen-bond donors (Lipinski definition) is 1. The summed E-state index contributed by atoms with van der Waals surface area (Å²) in [5.41, 5.74) is 1.35. The molecule has 0 bridgehead atoms. The molecule has 0 radical (unpaired) electrons. The lowest BCUT2D eigenvalue weighted by Gasteiger charge is -2.35. The molecular weight excluding hydrogens is 363 g/mol. The largest absolute Gasteiger partial charge is 0.374 e. The van der Waals surface area contributed by atoms with E-state index >= 15 is 0 Å². The van der Waals surface area contributed by atoms with Gasteiger partial charge in [-0.25, -0.2) is 0 Å². The second-order valence-corrected chi connectivity index (χ2v) is 7.17. The van der Waals surface area contributed by atoms with Gasteiger partial charge in [-0.05, 0) is 66.6 Å². The Morgan fingerprint density at radius 2 is 2.20 bits per heavy atom. The van der Waals surface area contributed by atoms with E-state index in [1.165, 1.54) is 28.5 Å². The van der Waals surface area contributed by atoms with Crippen molar-refractivity contribution in [2.75, 3.05) is 26.2 Å². The van der Waals surface area contributed by atoms with Crippen LogP contribution in [0, 0.1) is 3.57 Å². The Labute approximate surface area is 135 Å². The summed E-state index contributed by atoms with van der Waals surface area (Å²) in [5, 5.41) is 3.61. The van der Waals surface area contributed by atoms with E-state index < -0.39 is 0 Å². The maximum atomic E-state index is 5.99. The van der Waals surface area contributed by atoms with Crippen LogP contribution in [-0.4, -0.2) is 43.3 Å². The highest BCUT2D eigenvalue weighted by Gasteiger charge is 2.32. The molecule has 2 aliphatic heterocycles. The lowest BCUT2D eigenvalue weighted by atomic mass is 10.1. The van der Waals surface area contributed by atoms with Crippen molar-refractivity contribution in [1.82, 2.24) is 10.2 Å². The van der Waals surface area contributed by atoms with Gasteiger partial charge in [0.15, 0.2) is 0 Å². The van der Waals surface area contributed by atoms with Crippen molar-refractivity contribution in [3.8, 4) is 0 Å². The molecule has 3 atom stereocenters. The van der Waals surface area contributed by atoms with Crippen molar-refractivity contribution in [3.63, 3.8) is 0 Å². The van der Waals surface area contributed by atoms with E-state index in [1.807, 2.05) is 0 Å². The molecule has 20 heavy (non-hydrogen) atoms. The van der Waals surface area contributed by atoms with Crippen molar-refractivity contribution >= 4 is 22.6 Å². The zero-order chi connectivity index (χ0) is 13.9. The molecule has 1 aromatic rings. The summed E-state index contributed by atoms with van der Waals surface area (Å²) in [5.74, 6) is 0. The number of halogens is 1. The highest BCUT2D eigenvalue weighted by atomic mass is 127. The van der Waals surface area contributed by atoms with Gasteiger partial charge >= 0.3 is 0 Å². The van der Waals surface area contributed by atoms with Gasteiger partial charge in [0.2, 0.25) is 0 Å². The highest BCUT2D eigenvalue weighted by molar-refractivity contribution is 14.1. The lowest BCUT2D eigenvalue weighted by Crippen LogP contribution is -2.49. The quantitative estimate of drug-likeness (QED) is 0.806. The predicted molar refractivity (Wildman–Crippen MR) is 89.9 cm³/mol. The number of rotatable bonds is 4. The summed E-state index contributed by atoms with van der Waals surface area (Å²) in [6, 6.07) is 9.82. The van der Waals surface area contributed by atoms with E-state index in [2.05, 4.69) is 64.0 Å². The molecule has 1 aromatic carbocycles. The first-order chi connectivity index (χ1) is 9.72. The summed E-state index contributed by atoms with van der Waals surface area (Å²) in [4.78, 5) is 2.60. The van der Waals surface area contributed by atoms with E-state index in [-0.39, 0.29) is 0 Å². The first kappa shape index (κ1) is 14.8. The molecule has 3 nitrogen and oxygen atoms in total. The van der Waals surface area contributed by atoms with Crippen LogP contribution < -0.4 is 5.32 Å². The van der Waals surface area contributed by atoms with Gasteiger partial charge < -0.3 is 10.1 Å². The van der Waals surface area contributed by atoms with Crippen LogP contribution in [0.25, 0.3) is 0 Å². The summed E-state index contributed by atoms with van der Waals surface area (Å²) < 4.78 is 7.28. The fourth-order valence-electron chi connectivity index (χ4n) is 3.19. The number of nitrogens with zero attached hydrogens (tertiary/aromatic N) is 1. The molecule has 110 valence electrons. The van der Waals surface area contributed by atoms with Crippen LogP contribution >= 0.6 is 22.6 Å². The SMILES string of the molecule is CC(NCC1CN2CCCC2CO1)c1ccc(I)cc1. The number of morpholine rings is 1. The van der Waals surface area contributed by atoms with E-state index in [0.29, 0.717) is 18.2 Å². The first-order valence-corrected chi connectivity index (χ1v) is 8.65. The molecule has 2 aliphatic rings. The molecule has 4 heteroatoms. The Morgan fingerprint density at radius 3 is 3.00 bits per heavy atom. The Balaban J connectivity index is 1.48. The Bertz CT molecular complexity index is 437. The van der Waals surface area contributed by atoms with Gasteiger partial charge in [-0.3, -0.25) is 4.90 Å². The molecule has 0 amide bonds. The first-order valence-electron chi connectivity index (χ1n) is 7.57. The van der Waals surface area contributed by atoms with Crippen molar-refractivity contribution in [2.45, 2.75) is 38.0 Å². The zero-order valence-electron chi connectivity index (χ0n) is 12.0. The second kappa shape index (κ2) is 6.73. The van der Waals surface area contributed by atoms with Gasteiger partial charge in [-0.15, -0.1) is 0 Å². The smallest absolute Gasteiger partial charge is 0.0827 e. The molecule has 2 fully saturated rings. The number of nitrogens with one attached hydrogen (secondary N) is 1. The third-order valence-corrected chi connectivity index (χ3v) is 5.20. The average Bonchev–Trinajstić information content (AvgIpc) is 2.93. The van der Waals surface area contributed by atoms with E-state index in [0.717, 1.165) is 19.7 Å². The van der Waals surface area contributed by atoms with E-state index in [9.17, 15) is 0 Å². The molecule has 2 heterocycles. The van der Waals surface area contributed by atoms with Gasteiger partial charge in [0, 0.05) is 28.7 Å². The van der Waals surface area contributed by atoms with Crippen LogP contribution in [0.5, 0.6) is 0 Å². The van der Waals surface area contributed by atoms with Gasteiger partial charge in [0.25, 0.3) is 0 Å². The number of ether oxygens (including phenoxy) is 1. The van der Waals surface area contributed by atoms with Crippen LogP contribution in [-0.2, 0) is 4.74 Å². The minimum Gasteiger partial charge on any atom is -0.374 e. The second-order valence-electron chi connectivity index (χ2n) is 5.93. The molecule has 3 rings (SSSR count). The van der Waals surface area contributed by atoms with Crippen LogP contribution in [0.1, 0.15) is 31.4 Å². The third kappa shape index (κ3) is 3.53. The van der Waals surface area contributed by atoms with E-state index in [4.69, 9.17) is 4.74 Å². The minimum absolute atomic E-state index is 0.343. The van der Waals surface area contributed by atoms with Gasteiger partial charge in [0.05, 0.1) is 12.7 Å². The van der Waals surface area contributed by atoms with Crippen molar-refractivity contribution < 1.29 is 4.74 Å². The third-order valence-electron chi connectivity index (χ3n) is 4.48. The number of benzene rings is 1. The lowest BCUT2D eigenvalue weighted by molar-refractivity contribution is -0.0477. The average molecular weight is 386 g/mol. The van der Waals surface area contributed by atoms with Crippen molar-refractivity contribution in [1.29, 1.82) is 0 Å². The van der Waals surface area contributed by atoms with Crippen LogP contribution in [0.15, 0.2) is 24.3 Å². The van der Waals surface area contributed by atoms with Crippen LogP contribution in [0.2, 0.25) is 0 Å². The van der Waals surface area contributed by atoms with Crippen LogP contribution in [0.4, 0.5) is 0 Å². The molecule has 2 saturated heterocycles. The molecule has 0 aliphatic carbocycles. The molecule has 3 unspecified atom stereocenters. The molecule has 1 N–H and O–H groups in total. The Hall–Kier alpha value is -0.170. The standard InChI is InChI=1S/C16H23IN2O/c1-12(13-4-6-14(17)7-5-13)18-9-16-10-19-8-2-3-15(19)11-20-16/h4-7,12,15-16,18H,2-3,8-11H2,1H3. The molecule has 0 spiro atoms. The number of hydrogen-bond acceptors (Lipinski definition) is 3. The van der Waals surface area contributed by atoms with Crippen LogP contribution in [0.3, 0.4) is 0 Å². The molecule has 0 aromatic heterocycles. The highest BCUT2D eigenvalue weighted by Crippen LogP contribution is 2.22. The van der Waals surface area contributed by atoms with Gasteiger partial charge in [-0.1, -0.05) is 12.1 Å². The maximum Gasteiger partial charge on any atom is 0.0827 e. The predicted octanol–water partition coefficient (Wildman–Crippen LogP) is 2.81. The molecular formula is C16H23IN2O. The minimum atomic E-state index is 0.343. The zero-order valence-corrected chi connectivity index (χ0v) is 14.2. The topological polar surface area (TPSA) is 24.5 Å².